The van der Waals surface area contributed by atoms with Crippen LogP contribution in [0, 0.1) is 0 Å². The summed E-state index contributed by atoms with van der Waals surface area (Å²) in [5, 5.41) is 14.0. The van der Waals surface area contributed by atoms with Gasteiger partial charge in [-0.15, -0.1) is 0 Å². The quantitative estimate of drug-likeness (QED) is 0.361. The molecule has 4 aromatic rings. The van der Waals surface area contributed by atoms with Crippen LogP contribution in [-0.4, -0.2) is 25.0 Å². The number of rotatable bonds is 4. The monoisotopic (exact) mass is 365 g/mol. The zero-order valence-electron chi connectivity index (χ0n) is 14.0. The fraction of sp³-hybridized carbons (Fsp3) is 0.105. The van der Waals surface area contributed by atoms with E-state index in [0.717, 1.165) is 39.8 Å². The molecule has 0 unspecified atom stereocenters. The minimum absolute atomic E-state index is 0.210. The van der Waals surface area contributed by atoms with Crippen LogP contribution in [0.15, 0.2) is 48.9 Å². The molecule has 0 aliphatic carbocycles. The molecule has 130 valence electrons. The third-order valence-corrected chi connectivity index (χ3v) is 4.46. The molecule has 6 nitrogen and oxygen atoms in total. The van der Waals surface area contributed by atoms with Crippen molar-refractivity contribution < 1.29 is 5.11 Å². The van der Waals surface area contributed by atoms with E-state index in [0.29, 0.717) is 11.1 Å². The predicted octanol–water partition coefficient (Wildman–Crippen LogP) is 4.68. The number of aromatic hydroxyl groups is 1. The number of pyridine rings is 1. The molecule has 0 aliphatic rings. The van der Waals surface area contributed by atoms with Crippen LogP contribution in [0.25, 0.3) is 22.2 Å². The van der Waals surface area contributed by atoms with Crippen molar-refractivity contribution in [2.75, 3.05) is 5.32 Å². The van der Waals surface area contributed by atoms with Gasteiger partial charge < -0.3 is 15.4 Å². The van der Waals surface area contributed by atoms with E-state index in [-0.39, 0.29) is 5.75 Å². The summed E-state index contributed by atoms with van der Waals surface area (Å²) in [5.74, 6) is 0.683. The predicted molar refractivity (Wildman–Crippen MR) is 103 cm³/mol. The van der Waals surface area contributed by atoms with E-state index >= 15 is 0 Å². The molecular weight excluding hydrogens is 350 g/mol. The largest absolute Gasteiger partial charge is 0.508 e. The number of aromatic nitrogens is 4. The molecule has 0 aliphatic heterocycles. The van der Waals surface area contributed by atoms with Gasteiger partial charge in [0.25, 0.3) is 0 Å². The van der Waals surface area contributed by atoms with Crippen LogP contribution in [0.2, 0.25) is 5.15 Å². The minimum atomic E-state index is 0.210. The molecular formula is C19H16ClN5O. The van der Waals surface area contributed by atoms with E-state index in [4.69, 9.17) is 11.6 Å². The third-order valence-electron chi connectivity index (χ3n) is 4.18. The van der Waals surface area contributed by atoms with Crippen molar-refractivity contribution in [3.8, 4) is 17.0 Å². The number of hydrogen-bond acceptors (Lipinski definition) is 5. The molecule has 4 rings (SSSR count). The minimum Gasteiger partial charge on any atom is -0.508 e. The Hall–Kier alpha value is -3.12. The fourth-order valence-corrected chi connectivity index (χ4v) is 3.09. The number of phenolic OH excluding ortho intramolecular Hbond substituents is 1. The van der Waals surface area contributed by atoms with E-state index in [1.165, 1.54) is 0 Å². The summed E-state index contributed by atoms with van der Waals surface area (Å²) in [6.07, 6.45) is 6.25. The lowest BCUT2D eigenvalue weighted by Crippen LogP contribution is -1.97. The maximum atomic E-state index is 9.39. The number of phenols is 1. The zero-order chi connectivity index (χ0) is 18.1. The highest BCUT2D eigenvalue weighted by Crippen LogP contribution is 2.33. The molecule has 7 heteroatoms. The Bertz CT molecular complexity index is 1080. The Kier molecular flexibility index (Phi) is 4.18. The third kappa shape index (κ3) is 2.95. The van der Waals surface area contributed by atoms with Gasteiger partial charge in [0, 0.05) is 35.2 Å². The van der Waals surface area contributed by atoms with E-state index in [1.807, 2.05) is 12.3 Å². The summed E-state index contributed by atoms with van der Waals surface area (Å²) in [6.45, 7) is 2.08. The van der Waals surface area contributed by atoms with Crippen LogP contribution in [-0.2, 0) is 6.42 Å². The molecule has 1 aromatic carbocycles. The average Bonchev–Trinajstić information content (AvgIpc) is 3.10. The maximum Gasteiger partial charge on any atom is 0.227 e. The van der Waals surface area contributed by atoms with Crippen LogP contribution in [0.1, 0.15) is 12.5 Å². The first-order chi connectivity index (χ1) is 12.7. The van der Waals surface area contributed by atoms with Gasteiger partial charge in [0.15, 0.2) is 5.15 Å². The lowest BCUT2D eigenvalue weighted by Gasteiger charge is -2.07. The van der Waals surface area contributed by atoms with E-state index in [1.54, 1.807) is 36.7 Å². The van der Waals surface area contributed by atoms with Gasteiger partial charge in [0.05, 0.1) is 11.2 Å². The molecule has 3 heterocycles. The molecule has 0 saturated heterocycles. The van der Waals surface area contributed by atoms with Gasteiger partial charge >= 0.3 is 0 Å². The maximum absolute atomic E-state index is 9.39. The van der Waals surface area contributed by atoms with Crippen LogP contribution in [0.4, 0.5) is 11.6 Å². The molecule has 0 radical (unpaired) electrons. The summed E-state index contributed by atoms with van der Waals surface area (Å²) in [6, 6.07) is 8.59. The first-order valence-corrected chi connectivity index (χ1v) is 8.57. The highest BCUT2D eigenvalue weighted by atomic mass is 35.5. The second-order valence-corrected chi connectivity index (χ2v) is 6.18. The number of anilines is 2. The second-order valence-electron chi connectivity index (χ2n) is 5.82. The van der Waals surface area contributed by atoms with E-state index in [2.05, 4.69) is 32.2 Å². The Morgan fingerprint density at radius 1 is 1.15 bits per heavy atom. The Morgan fingerprint density at radius 2 is 1.96 bits per heavy atom. The van der Waals surface area contributed by atoms with Crippen molar-refractivity contribution in [3.63, 3.8) is 0 Å². The molecule has 0 amide bonds. The van der Waals surface area contributed by atoms with Gasteiger partial charge in [-0.3, -0.25) is 0 Å². The lowest BCUT2D eigenvalue weighted by atomic mass is 10.0. The summed E-state index contributed by atoms with van der Waals surface area (Å²) in [5.41, 5.74) is 4.45. The first kappa shape index (κ1) is 16.4. The summed E-state index contributed by atoms with van der Waals surface area (Å²) in [7, 11) is 0. The molecule has 3 N–H and O–H groups in total. The SMILES string of the molecule is CCc1cnc(Cl)c2[nH]cc(-c3ccnc(Nc4ccc(O)cc4)n3)c12. The number of aryl methyl sites for hydroxylation is 1. The van der Waals surface area contributed by atoms with Gasteiger partial charge in [0.1, 0.15) is 5.75 Å². The van der Waals surface area contributed by atoms with Gasteiger partial charge in [-0.25, -0.2) is 15.0 Å². The zero-order valence-corrected chi connectivity index (χ0v) is 14.7. The Morgan fingerprint density at radius 3 is 2.73 bits per heavy atom. The smallest absolute Gasteiger partial charge is 0.227 e. The van der Waals surface area contributed by atoms with E-state index < -0.39 is 0 Å². The van der Waals surface area contributed by atoms with Gasteiger partial charge in [-0.05, 0) is 42.3 Å². The van der Waals surface area contributed by atoms with Crippen LogP contribution >= 0.6 is 11.6 Å². The number of halogens is 1. The molecule has 0 spiro atoms. The topological polar surface area (TPSA) is 86.7 Å². The number of hydrogen-bond donors (Lipinski definition) is 3. The van der Waals surface area contributed by atoms with Crippen LogP contribution in [0.3, 0.4) is 0 Å². The van der Waals surface area contributed by atoms with Crippen molar-refractivity contribution in [2.24, 2.45) is 0 Å². The lowest BCUT2D eigenvalue weighted by molar-refractivity contribution is 0.475. The van der Waals surface area contributed by atoms with Crippen molar-refractivity contribution in [2.45, 2.75) is 13.3 Å². The van der Waals surface area contributed by atoms with Crippen molar-refractivity contribution in [1.82, 2.24) is 19.9 Å². The number of nitrogens with one attached hydrogen (secondary N) is 2. The molecule has 0 saturated carbocycles. The molecule has 0 atom stereocenters. The molecule has 0 bridgehead atoms. The number of aromatic amines is 1. The first-order valence-electron chi connectivity index (χ1n) is 8.19. The summed E-state index contributed by atoms with van der Waals surface area (Å²) >= 11 is 6.23. The van der Waals surface area contributed by atoms with E-state index in [9.17, 15) is 5.11 Å². The van der Waals surface area contributed by atoms with Crippen molar-refractivity contribution >= 4 is 34.1 Å². The fourth-order valence-electron chi connectivity index (χ4n) is 2.90. The molecule has 26 heavy (non-hydrogen) atoms. The van der Waals surface area contributed by atoms with Crippen LogP contribution in [0.5, 0.6) is 5.75 Å². The summed E-state index contributed by atoms with van der Waals surface area (Å²) in [4.78, 5) is 16.3. The number of H-pyrrole nitrogens is 1. The average molecular weight is 366 g/mol. The Balaban J connectivity index is 1.76. The van der Waals surface area contributed by atoms with Gasteiger partial charge in [-0.1, -0.05) is 18.5 Å². The number of nitrogens with zero attached hydrogens (tertiary/aromatic N) is 3. The number of benzene rings is 1. The van der Waals surface area contributed by atoms with Crippen molar-refractivity contribution in [3.05, 3.63) is 59.6 Å². The highest BCUT2D eigenvalue weighted by Gasteiger charge is 2.14. The standard InChI is InChI=1S/C19H16ClN5O/c1-2-11-9-23-18(20)17-16(11)14(10-22-17)15-7-8-21-19(25-15)24-12-3-5-13(26)6-4-12/h3-10,22,26H,2H2,1H3,(H,21,24,25). The summed E-state index contributed by atoms with van der Waals surface area (Å²) < 4.78 is 0. The number of fused-ring (bicyclic) bond motifs is 1. The second kappa shape index (κ2) is 6.65. The highest BCUT2D eigenvalue weighted by molar-refractivity contribution is 6.34. The molecule has 3 aromatic heterocycles. The normalized spacial score (nSPS) is 11.0. The van der Waals surface area contributed by atoms with Gasteiger partial charge in [-0.2, -0.15) is 0 Å². The molecule has 0 fully saturated rings. The van der Waals surface area contributed by atoms with Crippen molar-refractivity contribution in [1.29, 1.82) is 0 Å². The van der Waals surface area contributed by atoms with Gasteiger partial charge in [0.2, 0.25) is 5.95 Å². The van der Waals surface area contributed by atoms with Crippen LogP contribution < -0.4 is 5.32 Å². The Labute approximate surface area is 154 Å².